The van der Waals surface area contributed by atoms with E-state index in [2.05, 4.69) is 5.32 Å². The molecule has 0 aliphatic heterocycles. The number of halogens is 3. The molecule has 0 heterocycles. The van der Waals surface area contributed by atoms with Gasteiger partial charge in [-0.05, 0) is 43.3 Å². The second-order valence-corrected chi connectivity index (χ2v) is 7.22. The third-order valence-corrected chi connectivity index (χ3v) is 4.83. The lowest BCUT2D eigenvalue weighted by Gasteiger charge is -2.13. The Hall–Kier alpha value is -1.07. The van der Waals surface area contributed by atoms with Crippen molar-refractivity contribution in [3.63, 3.8) is 0 Å². The summed E-state index contributed by atoms with van der Waals surface area (Å²) in [5.41, 5.74) is 6.47. The molecular weight excluding hydrogens is 363 g/mol. The lowest BCUT2D eigenvalue weighted by molar-refractivity contribution is -0.115. The molecular formula is C15H13Cl3N2OS. The first kappa shape index (κ1) is 17.3. The van der Waals surface area contributed by atoms with Crippen LogP contribution >= 0.6 is 46.6 Å². The minimum absolute atomic E-state index is 0.156. The Morgan fingerprint density at radius 3 is 2.23 bits per heavy atom. The first-order valence-electron chi connectivity index (χ1n) is 6.34. The third kappa shape index (κ3) is 4.46. The molecule has 1 unspecified atom stereocenters. The number of amides is 1. The number of hydrogen-bond donors (Lipinski definition) is 2. The van der Waals surface area contributed by atoms with E-state index >= 15 is 0 Å². The number of benzene rings is 2. The number of anilines is 2. The maximum Gasteiger partial charge on any atom is 0.237 e. The van der Waals surface area contributed by atoms with Crippen LogP contribution in [0.15, 0.2) is 41.3 Å². The highest BCUT2D eigenvalue weighted by Crippen LogP contribution is 2.32. The average molecular weight is 376 g/mol. The van der Waals surface area contributed by atoms with Crippen molar-refractivity contribution in [1.82, 2.24) is 0 Å². The normalized spacial score (nSPS) is 12.0. The van der Waals surface area contributed by atoms with Crippen LogP contribution in [0.2, 0.25) is 15.1 Å². The molecule has 22 heavy (non-hydrogen) atoms. The molecule has 0 spiro atoms. The first-order valence-corrected chi connectivity index (χ1v) is 8.36. The van der Waals surface area contributed by atoms with Gasteiger partial charge in [-0.25, -0.2) is 0 Å². The number of rotatable bonds is 4. The molecule has 0 saturated carbocycles. The number of thioether (sulfide) groups is 1. The van der Waals surface area contributed by atoms with Gasteiger partial charge >= 0.3 is 0 Å². The van der Waals surface area contributed by atoms with Crippen molar-refractivity contribution in [3.8, 4) is 0 Å². The summed E-state index contributed by atoms with van der Waals surface area (Å²) >= 11 is 19.2. The van der Waals surface area contributed by atoms with Crippen LogP contribution in [0.4, 0.5) is 11.4 Å². The fourth-order valence-electron chi connectivity index (χ4n) is 1.67. The van der Waals surface area contributed by atoms with E-state index < -0.39 is 0 Å². The number of carbonyl (C=O) groups excluding carboxylic acids is 1. The van der Waals surface area contributed by atoms with E-state index in [1.807, 2.05) is 19.1 Å². The van der Waals surface area contributed by atoms with Crippen molar-refractivity contribution >= 4 is 63.8 Å². The SMILES string of the molecule is CC(Sc1ccc(Cl)cc1)C(=O)Nc1cc(Cl)c(N)c(Cl)c1. The van der Waals surface area contributed by atoms with Crippen molar-refractivity contribution in [1.29, 1.82) is 0 Å². The van der Waals surface area contributed by atoms with Crippen LogP contribution in [0.3, 0.4) is 0 Å². The smallest absolute Gasteiger partial charge is 0.237 e. The Kier molecular flexibility index (Phi) is 5.87. The van der Waals surface area contributed by atoms with Gasteiger partial charge in [-0.3, -0.25) is 4.79 Å². The summed E-state index contributed by atoms with van der Waals surface area (Å²) in [6.45, 7) is 1.81. The molecule has 2 rings (SSSR count). The van der Waals surface area contributed by atoms with Gasteiger partial charge in [0.05, 0.1) is 21.0 Å². The largest absolute Gasteiger partial charge is 0.396 e. The predicted molar refractivity (Wildman–Crippen MR) is 96.3 cm³/mol. The molecule has 0 saturated heterocycles. The average Bonchev–Trinajstić information content (AvgIpc) is 2.47. The zero-order valence-corrected chi connectivity index (χ0v) is 14.7. The summed E-state index contributed by atoms with van der Waals surface area (Å²) in [5, 5.41) is 3.75. The van der Waals surface area contributed by atoms with E-state index in [0.717, 1.165) is 4.90 Å². The van der Waals surface area contributed by atoms with Gasteiger partial charge in [0.25, 0.3) is 0 Å². The summed E-state index contributed by atoms with van der Waals surface area (Å²) in [6.07, 6.45) is 0. The first-order chi connectivity index (χ1) is 10.4. The van der Waals surface area contributed by atoms with E-state index in [1.54, 1.807) is 24.3 Å². The molecule has 0 bridgehead atoms. The highest BCUT2D eigenvalue weighted by atomic mass is 35.5. The molecule has 2 aromatic carbocycles. The van der Waals surface area contributed by atoms with E-state index in [1.165, 1.54) is 11.8 Å². The number of carbonyl (C=O) groups is 1. The van der Waals surface area contributed by atoms with E-state index in [0.29, 0.717) is 26.4 Å². The van der Waals surface area contributed by atoms with Crippen LogP contribution in [0.1, 0.15) is 6.92 Å². The maximum atomic E-state index is 12.2. The lowest BCUT2D eigenvalue weighted by atomic mass is 10.2. The number of nitrogens with two attached hydrogens (primary N) is 1. The van der Waals surface area contributed by atoms with Gasteiger partial charge in [0.1, 0.15) is 0 Å². The van der Waals surface area contributed by atoms with Gasteiger partial charge in [0.2, 0.25) is 5.91 Å². The zero-order valence-electron chi connectivity index (χ0n) is 11.6. The van der Waals surface area contributed by atoms with Gasteiger partial charge in [0.15, 0.2) is 0 Å². The van der Waals surface area contributed by atoms with Crippen LogP contribution in [0, 0.1) is 0 Å². The molecule has 3 nitrogen and oxygen atoms in total. The van der Waals surface area contributed by atoms with Crippen LogP contribution in [0.5, 0.6) is 0 Å². The third-order valence-electron chi connectivity index (χ3n) is 2.84. The molecule has 1 amide bonds. The Morgan fingerprint density at radius 1 is 1.14 bits per heavy atom. The molecule has 3 N–H and O–H groups in total. The molecule has 7 heteroatoms. The van der Waals surface area contributed by atoms with Crippen molar-refractivity contribution < 1.29 is 4.79 Å². The topological polar surface area (TPSA) is 55.1 Å². The van der Waals surface area contributed by atoms with Gasteiger partial charge in [-0.1, -0.05) is 34.8 Å². The minimum Gasteiger partial charge on any atom is -0.396 e. The Balaban J connectivity index is 2.03. The van der Waals surface area contributed by atoms with E-state index in [4.69, 9.17) is 40.5 Å². The molecule has 1 atom stereocenters. The van der Waals surface area contributed by atoms with Gasteiger partial charge in [0, 0.05) is 15.6 Å². The van der Waals surface area contributed by atoms with E-state index in [-0.39, 0.29) is 11.2 Å². The Bertz CT molecular complexity index is 669. The second-order valence-electron chi connectivity index (χ2n) is 4.56. The number of nitrogens with one attached hydrogen (secondary N) is 1. The van der Waals surface area contributed by atoms with Gasteiger partial charge in [-0.15, -0.1) is 11.8 Å². The van der Waals surface area contributed by atoms with Crippen molar-refractivity contribution in [2.45, 2.75) is 17.1 Å². The predicted octanol–water partition coefficient (Wildman–Crippen LogP) is 5.35. The quantitative estimate of drug-likeness (QED) is 0.559. The minimum atomic E-state index is -0.295. The van der Waals surface area contributed by atoms with E-state index in [9.17, 15) is 4.79 Å². The van der Waals surface area contributed by atoms with Crippen molar-refractivity contribution in [2.75, 3.05) is 11.1 Å². The Labute approximate surface area is 148 Å². The van der Waals surface area contributed by atoms with Crippen LogP contribution in [0.25, 0.3) is 0 Å². The van der Waals surface area contributed by atoms with Crippen molar-refractivity contribution in [2.24, 2.45) is 0 Å². The standard InChI is InChI=1S/C15H13Cl3N2OS/c1-8(22-11-4-2-9(16)3-5-11)15(21)20-10-6-12(17)14(19)13(18)7-10/h2-8H,19H2,1H3,(H,20,21). The molecule has 0 aliphatic carbocycles. The van der Waals surface area contributed by atoms with Crippen LogP contribution in [-0.2, 0) is 4.79 Å². The monoisotopic (exact) mass is 374 g/mol. The number of nitrogen functional groups attached to an aromatic ring is 1. The summed E-state index contributed by atoms with van der Waals surface area (Å²) < 4.78 is 0. The highest BCUT2D eigenvalue weighted by molar-refractivity contribution is 8.00. The fraction of sp³-hybridized carbons (Fsp3) is 0.133. The summed E-state index contributed by atoms with van der Waals surface area (Å²) in [6, 6.07) is 10.4. The maximum absolute atomic E-state index is 12.2. The van der Waals surface area contributed by atoms with Gasteiger partial charge in [-0.2, -0.15) is 0 Å². The summed E-state index contributed by atoms with van der Waals surface area (Å²) in [7, 11) is 0. The highest BCUT2D eigenvalue weighted by Gasteiger charge is 2.15. The summed E-state index contributed by atoms with van der Waals surface area (Å²) in [4.78, 5) is 13.2. The van der Waals surface area contributed by atoms with Crippen molar-refractivity contribution in [3.05, 3.63) is 51.5 Å². The molecule has 0 aromatic heterocycles. The fourth-order valence-corrected chi connectivity index (χ4v) is 3.15. The Morgan fingerprint density at radius 2 is 1.68 bits per heavy atom. The summed E-state index contributed by atoms with van der Waals surface area (Å²) in [5.74, 6) is -0.156. The van der Waals surface area contributed by atoms with Crippen LogP contribution in [-0.4, -0.2) is 11.2 Å². The second kappa shape index (κ2) is 7.47. The zero-order chi connectivity index (χ0) is 16.3. The molecule has 116 valence electrons. The lowest BCUT2D eigenvalue weighted by Crippen LogP contribution is -2.22. The van der Waals surface area contributed by atoms with Gasteiger partial charge < -0.3 is 11.1 Å². The van der Waals surface area contributed by atoms with Crippen LogP contribution < -0.4 is 11.1 Å². The molecule has 0 radical (unpaired) electrons. The molecule has 0 aliphatic rings. The number of hydrogen-bond acceptors (Lipinski definition) is 3. The molecule has 0 fully saturated rings. The molecule has 2 aromatic rings.